The zero-order valence-electron chi connectivity index (χ0n) is 9.00. The molecule has 1 amide bonds. The first-order valence-corrected chi connectivity index (χ1v) is 7.60. The van der Waals surface area contributed by atoms with Gasteiger partial charge in [-0.25, -0.2) is 0 Å². The van der Waals surface area contributed by atoms with Crippen molar-refractivity contribution >= 4 is 44.8 Å². The maximum atomic E-state index is 12.2. The summed E-state index contributed by atoms with van der Waals surface area (Å²) in [4.78, 5) is 14.8. The number of thiophene rings is 1. The van der Waals surface area contributed by atoms with Crippen molar-refractivity contribution in [2.75, 3.05) is 18.4 Å². The van der Waals surface area contributed by atoms with Crippen molar-refractivity contribution in [1.82, 2.24) is 4.90 Å². The molecule has 88 valence electrons. The van der Waals surface area contributed by atoms with Crippen LogP contribution < -0.4 is 0 Å². The maximum Gasteiger partial charge on any atom is 0.265 e. The Morgan fingerprint density at radius 3 is 3.00 bits per heavy atom. The van der Waals surface area contributed by atoms with Gasteiger partial charge in [-0.3, -0.25) is 4.79 Å². The standard InChI is InChI=1S/C11H13BrClNOS/c1-7-6-16-10(9(7)13)11(15)14-3-2-8(4-12)5-14/h6,8H,2-5H2,1H3. The highest BCUT2D eigenvalue weighted by Crippen LogP contribution is 2.30. The van der Waals surface area contributed by atoms with Crippen LogP contribution in [0.25, 0.3) is 0 Å². The predicted molar refractivity (Wildman–Crippen MR) is 71.9 cm³/mol. The first kappa shape index (κ1) is 12.4. The number of nitrogens with zero attached hydrogens (tertiary/aromatic N) is 1. The molecule has 2 nitrogen and oxygen atoms in total. The van der Waals surface area contributed by atoms with Crippen LogP contribution in [0.4, 0.5) is 0 Å². The summed E-state index contributed by atoms with van der Waals surface area (Å²) in [6, 6.07) is 0. The molecular formula is C11H13BrClNOS. The smallest absolute Gasteiger partial charge is 0.265 e. The van der Waals surface area contributed by atoms with Gasteiger partial charge < -0.3 is 4.90 Å². The molecule has 0 bridgehead atoms. The third kappa shape index (κ3) is 2.29. The van der Waals surface area contributed by atoms with Crippen LogP contribution in [0.5, 0.6) is 0 Å². The van der Waals surface area contributed by atoms with E-state index in [1.165, 1.54) is 11.3 Å². The van der Waals surface area contributed by atoms with E-state index in [2.05, 4.69) is 15.9 Å². The molecule has 0 aromatic carbocycles. The van der Waals surface area contributed by atoms with Crippen LogP contribution in [-0.2, 0) is 0 Å². The number of alkyl halides is 1. The zero-order chi connectivity index (χ0) is 11.7. The minimum absolute atomic E-state index is 0.0894. The number of amides is 1. The maximum absolute atomic E-state index is 12.2. The van der Waals surface area contributed by atoms with E-state index >= 15 is 0 Å². The molecule has 1 aliphatic heterocycles. The molecule has 0 N–H and O–H groups in total. The number of rotatable bonds is 2. The lowest BCUT2D eigenvalue weighted by Gasteiger charge is -2.15. The van der Waals surface area contributed by atoms with E-state index in [1.807, 2.05) is 17.2 Å². The SMILES string of the molecule is Cc1csc(C(=O)N2CCC(CBr)C2)c1Cl. The second-order valence-corrected chi connectivity index (χ2v) is 6.03. The Hall–Kier alpha value is -0.0600. The molecule has 2 heterocycles. The summed E-state index contributed by atoms with van der Waals surface area (Å²) in [7, 11) is 0. The lowest BCUT2D eigenvalue weighted by Crippen LogP contribution is -2.28. The average Bonchev–Trinajstić information content (AvgIpc) is 2.87. The average molecular weight is 323 g/mol. The molecule has 1 aromatic rings. The van der Waals surface area contributed by atoms with Gasteiger partial charge in [-0.05, 0) is 30.2 Å². The Morgan fingerprint density at radius 2 is 2.50 bits per heavy atom. The van der Waals surface area contributed by atoms with Crippen LogP contribution in [0.1, 0.15) is 21.7 Å². The van der Waals surface area contributed by atoms with Gasteiger partial charge in [-0.1, -0.05) is 27.5 Å². The molecule has 2 rings (SSSR count). The van der Waals surface area contributed by atoms with Gasteiger partial charge in [0.2, 0.25) is 0 Å². The number of hydrogen-bond acceptors (Lipinski definition) is 2. The van der Waals surface area contributed by atoms with E-state index in [0.29, 0.717) is 15.8 Å². The van der Waals surface area contributed by atoms with Gasteiger partial charge in [0.05, 0.1) is 5.02 Å². The van der Waals surface area contributed by atoms with Crippen molar-refractivity contribution < 1.29 is 4.79 Å². The molecule has 5 heteroatoms. The molecule has 0 spiro atoms. The fourth-order valence-electron chi connectivity index (χ4n) is 1.86. The normalized spacial score (nSPS) is 20.4. The number of hydrogen-bond donors (Lipinski definition) is 0. The topological polar surface area (TPSA) is 20.3 Å². The molecule has 1 saturated heterocycles. The highest BCUT2D eigenvalue weighted by atomic mass is 79.9. The van der Waals surface area contributed by atoms with E-state index in [1.54, 1.807) is 0 Å². The van der Waals surface area contributed by atoms with Crippen LogP contribution in [0.2, 0.25) is 5.02 Å². The minimum Gasteiger partial charge on any atom is -0.338 e. The molecule has 0 radical (unpaired) electrons. The summed E-state index contributed by atoms with van der Waals surface area (Å²) < 4.78 is 0. The lowest BCUT2D eigenvalue weighted by molar-refractivity contribution is 0.0793. The predicted octanol–water partition coefficient (Wildman–Crippen LogP) is 3.57. The number of carbonyl (C=O) groups excluding carboxylic acids is 1. The molecule has 1 fully saturated rings. The van der Waals surface area contributed by atoms with Gasteiger partial charge in [0, 0.05) is 18.4 Å². The molecule has 0 aliphatic carbocycles. The molecule has 1 unspecified atom stereocenters. The van der Waals surface area contributed by atoms with Crippen LogP contribution >= 0.6 is 38.9 Å². The Bertz CT molecular complexity index is 407. The monoisotopic (exact) mass is 321 g/mol. The number of likely N-dealkylation sites (tertiary alicyclic amines) is 1. The molecule has 1 aliphatic rings. The fourth-order valence-corrected chi connectivity index (χ4v) is 3.63. The van der Waals surface area contributed by atoms with Crippen LogP contribution in [0.3, 0.4) is 0 Å². The largest absolute Gasteiger partial charge is 0.338 e. The van der Waals surface area contributed by atoms with Gasteiger partial charge in [0.25, 0.3) is 5.91 Å². The van der Waals surface area contributed by atoms with Gasteiger partial charge >= 0.3 is 0 Å². The molecule has 0 saturated carbocycles. The molecule has 1 aromatic heterocycles. The van der Waals surface area contributed by atoms with Crippen molar-refractivity contribution in [1.29, 1.82) is 0 Å². The Balaban J connectivity index is 2.12. The molecular weight excluding hydrogens is 310 g/mol. The van der Waals surface area contributed by atoms with Gasteiger partial charge in [-0.15, -0.1) is 11.3 Å². The summed E-state index contributed by atoms with van der Waals surface area (Å²) in [6.45, 7) is 3.63. The fraction of sp³-hybridized carbons (Fsp3) is 0.545. The quantitative estimate of drug-likeness (QED) is 0.762. The summed E-state index contributed by atoms with van der Waals surface area (Å²) >= 11 is 11.0. The van der Waals surface area contributed by atoms with Crippen molar-refractivity contribution in [3.8, 4) is 0 Å². The van der Waals surface area contributed by atoms with Crippen molar-refractivity contribution in [3.63, 3.8) is 0 Å². The van der Waals surface area contributed by atoms with E-state index in [4.69, 9.17) is 11.6 Å². The van der Waals surface area contributed by atoms with E-state index < -0.39 is 0 Å². The van der Waals surface area contributed by atoms with Crippen LogP contribution in [-0.4, -0.2) is 29.2 Å². The summed E-state index contributed by atoms with van der Waals surface area (Å²) in [5.74, 6) is 0.676. The molecule has 1 atom stereocenters. The van der Waals surface area contributed by atoms with Gasteiger partial charge in [0.1, 0.15) is 4.88 Å². The summed E-state index contributed by atoms with van der Waals surface area (Å²) in [6.07, 6.45) is 1.08. The Kier molecular flexibility index (Phi) is 3.93. The molecule has 16 heavy (non-hydrogen) atoms. The highest BCUT2D eigenvalue weighted by molar-refractivity contribution is 9.09. The van der Waals surface area contributed by atoms with Crippen LogP contribution in [0, 0.1) is 12.8 Å². The van der Waals surface area contributed by atoms with Gasteiger partial charge in [-0.2, -0.15) is 0 Å². The van der Waals surface area contributed by atoms with E-state index in [9.17, 15) is 4.79 Å². The second kappa shape index (κ2) is 5.07. The number of halogens is 2. The first-order chi connectivity index (χ1) is 7.63. The summed E-state index contributed by atoms with van der Waals surface area (Å²) in [5.41, 5.74) is 0.992. The lowest BCUT2D eigenvalue weighted by atomic mass is 10.2. The Morgan fingerprint density at radius 1 is 1.75 bits per heavy atom. The third-order valence-corrected chi connectivity index (χ3v) is 5.49. The van der Waals surface area contributed by atoms with Gasteiger partial charge in [0.15, 0.2) is 0 Å². The highest BCUT2D eigenvalue weighted by Gasteiger charge is 2.28. The third-order valence-electron chi connectivity index (χ3n) is 2.88. The van der Waals surface area contributed by atoms with E-state index in [0.717, 1.165) is 30.4 Å². The van der Waals surface area contributed by atoms with Crippen molar-refractivity contribution in [2.45, 2.75) is 13.3 Å². The minimum atomic E-state index is 0.0894. The van der Waals surface area contributed by atoms with Crippen LogP contribution in [0.15, 0.2) is 5.38 Å². The van der Waals surface area contributed by atoms with Crippen molar-refractivity contribution in [2.24, 2.45) is 5.92 Å². The number of aryl methyl sites for hydroxylation is 1. The Labute approximate surface area is 113 Å². The number of carbonyl (C=O) groups is 1. The zero-order valence-corrected chi connectivity index (χ0v) is 12.2. The first-order valence-electron chi connectivity index (χ1n) is 5.22. The summed E-state index contributed by atoms with van der Waals surface area (Å²) in [5, 5.41) is 3.53. The van der Waals surface area contributed by atoms with E-state index in [-0.39, 0.29) is 5.91 Å². The van der Waals surface area contributed by atoms with Crippen molar-refractivity contribution in [3.05, 3.63) is 20.8 Å². The second-order valence-electron chi connectivity index (χ2n) is 4.12.